The van der Waals surface area contributed by atoms with Gasteiger partial charge in [0.15, 0.2) is 0 Å². The molecule has 0 aliphatic carbocycles. The van der Waals surface area contributed by atoms with E-state index in [-0.39, 0.29) is 5.75 Å². The van der Waals surface area contributed by atoms with Crippen LogP contribution in [0.15, 0.2) is 24.3 Å². The van der Waals surface area contributed by atoms with E-state index in [0.717, 1.165) is 0 Å². The number of rotatable bonds is 2. The van der Waals surface area contributed by atoms with Crippen molar-refractivity contribution in [3.63, 3.8) is 0 Å². The molecular weight excluding hydrogens is 178 g/mol. The molecule has 0 aliphatic heterocycles. The molecular formula is C8H8ClNO2. The third kappa shape index (κ3) is 1.89. The first-order chi connectivity index (χ1) is 5.61. The molecule has 4 heteroatoms. The van der Waals surface area contributed by atoms with Crippen LogP contribution in [0.5, 0.6) is 5.75 Å². The number of alkyl halides is 1. The summed E-state index contributed by atoms with van der Waals surface area (Å²) in [6.07, 6.45) is 0. The van der Waals surface area contributed by atoms with E-state index in [4.69, 9.17) is 22.4 Å². The topological polar surface area (TPSA) is 63.3 Å². The fraction of sp³-hybridized carbons (Fsp3) is 0.125. The molecule has 0 saturated carbocycles. The van der Waals surface area contributed by atoms with Crippen LogP contribution in [0.3, 0.4) is 0 Å². The Labute approximate surface area is 74.8 Å². The molecule has 1 unspecified atom stereocenters. The number of benzene rings is 1. The van der Waals surface area contributed by atoms with Crippen molar-refractivity contribution in [3.8, 4) is 5.75 Å². The Hall–Kier alpha value is -1.22. The predicted octanol–water partition coefficient (Wildman–Crippen LogP) is 1.16. The Morgan fingerprint density at radius 3 is 2.33 bits per heavy atom. The molecule has 0 heterocycles. The van der Waals surface area contributed by atoms with Gasteiger partial charge in [-0.05, 0) is 17.7 Å². The highest BCUT2D eigenvalue weighted by Gasteiger charge is 2.13. The van der Waals surface area contributed by atoms with Gasteiger partial charge in [0.25, 0.3) is 0 Å². The lowest BCUT2D eigenvalue weighted by Gasteiger charge is -2.04. The summed E-state index contributed by atoms with van der Waals surface area (Å²) in [5.41, 5.74) is 5.56. The lowest BCUT2D eigenvalue weighted by Crippen LogP contribution is -2.16. The first-order valence-electron chi connectivity index (χ1n) is 3.33. The zero-order valence-electron chi connectivity index (χ0n) is 6.20. The average molecular weight is 186 g/mol. The summed E-state index contributed by atoms with van der Waals surface area (Å²) in [4.78, 5) is 10.6. The van der Waals surface area contributed by atoms with Crippen LogP contribution in [0.2, 0.25) is 0 Å². The van der Waals surface area contributed by atoms with Crippen LogP contribution in [0, 0.1) is 0 Å². The highest BCUT2D eigenvalue weighted by Crippen LogP contribution is 2.21. The second-order valence-electron chi connectivity index (χ2n) is 2.36. The Morgan fingerprint density at radius 1 is 1.42 bits per heavy atom. The molecule has 0 spiro atoms. The minimum atomic E-state index is -0.828. The smallest absolute Gasteiger partial charge is 0.240 e. The molecule has 64 valence electrons. The summed E-state index contributed by atoms with van der Waals surface area (Å²) in [7, 11) is 0. The molecule has 1 atom stereocenters. The van der Waals surface area contributed by atoms with Gasteiger partial charge in [-0.15, -0.1) is 11.6 Å². The minimum absolute atomic E-state index is 0.132. The van der Waals surface area contributed by atoms with Crippen molar-refractivity contribution in [1.82, 2.24) is 0 Å². The zero-order chi connectivity index (χ0) is 9.14. The number of phenolic OH excluding ortho intramolecular Hbond substituents is 1. The molecule has 0 bridgehead atoms. The van der Waals surface area contributed by atoms with Crippen molar-refractivity contribution in [1.29, 1.82) is 0 Å². The number of carbonyl (C=O) groups is 1. The van der Waals surface area contributed by atoms with Crippen LogP contribution in [0.4, 0.5) is 0 Å². The number of amides is 1. The van der Waals surface area contributed by atoms with Gasteiger partial charge in [-0.2, -0.15) is 0 Å². The highest BCUT2D eigenvalue weighted by atomic mass is 35.5. The van der Waals surface area contributed by atoms with Crippen LogP contribution < -0.4 is 5.73 Å². The lowest BCUT2D eigenvalue weighted by molar-refractivity contribution is -0.117. The molecule has 1 aromatic rings. The van der Waals surface area contributed by atoms with E-state index in [1.807, 2.05) is 0 Å². The lowest BCUT2D eigenvalue weighted by atomic mass is 10.1. The Balaban J connectivity index is 2.89. The molecule has 1 aromatic carbocycles. The fourth-order valence-corrected chi connectivity index (χ4v) is 0.953. The van der Waals surface area contributed by atoms with Gasteiger partial charge in [-0.1, -0.05) is 12.1 Å². The standard InChI is InChI=1S/C8H8ClNO2/c9-7(8(10)12)5-1-3-6(11)4-2-5/h1-4,7,11H,(H2,10,12). The van der Waals surface area contributed by atoms with Gasteiger partial charge in [0.05, 0.1) is 0 Å². The van der Waals surface area contributed by atoms with E-state index in [1.54, 1.807) is 12.1 Å². The first kappa shape index (κ1) is 8.87. The zero-order valence-corrected chi connectivity index (χ0v) is 6.95. The number of aromatic hydroxyl groups is 1. The second kappa shape index (κ2) is 3.45. The van der Waals surface area contributed by atoms with Crippen molar-refractivity contribution < 1.29 is 9.90 Å². The molecule has 12 heavy (non-hydrogen) atoms. The van der Waals surface area contributed by atoms with E-state index in [9.17, 15) is 4.79 Å². The third-order valence-electron chi connectivity index (χ3n) is 1.44. The van der Waals surface area contributed by atoms with Crippen LogP contribution >= 0.6 is 11.6 Å². The number of carbonyl (C=O) groups excluding carboxylic acids is 1. The third-order valence-corrected chi connectivity index (χ3v) is 1.90. The molecule has 1 amide bonds. The van der Waals surface area contributed by atoms with Crippen LogP contribution in [0.25, 0.3) is 0 Å². The maximum Gasteiger partial charge on any atom is 0.240 e. The summed E-state index contributed by atoms with van der Waals surface area (Å²) >= 11 is 5.64. The highest BCUT2D eigenvalue weighted by molar-refractivity contribution is 6.30. The van der Waals surface area contributed by atoms with Gasteiger partial charge in [-0.25, -0.2) is 0 Å². The predicted molar refractivity (Wildman–Crippen MR) is 45.9 cm³/mol. The Bertz CT molecular complexity index is 284. The average Bonchev–Trinajstić information content (AvgIpc) is 2.04. The van der Waals surface area contributed by atoms with Gasteiger partial charge in [-0.3, -0.25) is 4.79 Å². The molecule has 0 aromatic heterocycles. The van der Waals surface area contributed by atoms with Crippen molar-refractivity contribution >= 4 is 17.5 Å². The normalized spacial score (nSPS) is 12.4. The van der Waals surface area contributed by atoms with Crippen LogP contribution in [-0.4, -0.2) is 11.0 Å². The van der Waals surface area contributed by atoms with Gasteiger partial charge in [0.2, 0.25) is 5.91 Å². The molecule has 1 rings (SSSR count). The number of phenols is 1. The monoisotopic (exact) mass is 185 g/mol. The van der Waals surface area contributed by atoms with Gasteiger partial charge < -0.3 is 10.8 Å². The summed E-state index contributed by atoms with van der Waals surface area (Å²) in [5.74, 6) is -0.463. The molecule has 0 aliphatic rings. The molecule has 0 radical (unpaired) electrons. The van der Waals surface area contributed by atoms with Crippen molar-refractivity contribution in [2.24, 2.45) is 5.73 Å². The number of hydrogen-bond donors (Lipinski definition) is 2. The molecule has 3 N–H and O–H groups in total. The van der Waals surface area contributed by atoms with E-state index in [0.29, 0.717) is 5.56 Å². The van der Waals surface area contributed by atoms with Crippen molar-refractivity contribution in [3.05, 3.63) is 29.8 Å². The maximum absolute atomic E-state index is 10.6. The van der Waals surface area contributed by atoms with E-state index < -0.39 is 11.3 Å². The summed E-state index contributed by atoms with van der Waals surface area (Å²) in [5, 5.41) is 8.09. The largest absolute Gasteiger partial charge is 0.508 e. The number of primary amides is 1. The van der Waals surface area contributed by atoms with Crippen LogP contribution in [0.1, 0.15) is 10.9 Å². The Morgan fingerprint density at radius 2 is 1.92 bits per heavy atom. The second-order valence-corrected chi connectivity index (χ2v) is 2.79. The maximum atomic E-state index is 10.6. The summed E-state index contributed by atoms with van der Waals surface area (Å²) in [6, 6.07) is 6.01. The van der Waals surface area contributed by atoms with Gasteiger partial charge in [0, 0.05) is 0 Å². The van der Waals surface area contributed by atoms with Crippen molar-refractivity contribution in [2.75, 3.05) is 0 Å². The summed E-state index contributed by atoms with van der Waals surface area (Å²) in [6.45, 7) is 0. The van der Waals surface area contributed by atoms with Crippen molar-refractivity contribution in [2.45, 2.75) is 5.38 Å². The van der Waals surface area contributed by atoms with Gasteiger partial charge in [0.1, 0.15) is 11.1 Å². The fourth-order valence-electron chi connectivity index (χ4n) is 0.808. The van der Waals surface area contributed by atoms with Crippen LogP contribution in [-0.2, 0) is 4.79 Å². The number of nitrogens with two attached hydrogens (primary N) is 1. The Kier molecular flexibility index (Phi) is 2.55. The van der Waals surface area contributed by atoms with Gasteiger partial charge >= 0.3 is 0 Å². The quantitative estimate of drug-likeness (QED) is 0.680. The van der Waals surface area contributed by atoms with E-state index >= 15 is 0 Å². The molecule has 0 fully saturated rings. The van der Waals surface area contributed by atoms with E-state index in [2.05, 4.69) is 0 Å². The number of hydrogen-bond acceptors (Lipinski definition) is 2. The SMILES string of the molecule is NC(=O)C(Cl)c1ccc(O)cc1. The number of halogens is 1. The molecule has 3 nitrogen and oxygen atoms in total. The molecule has 0 saturated heterocycles. The first-order valence-corrected chi connectivity index (χ1v) is 3.77. The minimum Gasteiger partial charge on any atom is -0.508 e. The summed E-state index contributed by atoms with van der Waals surface area (Å²) < 4.78 is 0. The van der Waals surface area contributed by atoms with E-state index in [1.165, 1.54) is 12.1 Å².